The first kappa shape index (κ1) is 13.9. The third kappa shape index (κ3) is 3.16. The number of rotatable bonds is 4. The largest absolute Gasteiger partial charge is 0.240 e. The van der Waals surface area contributed by atoms with Crippen molar-refractivity contribution in [2.24, 2.45) is 0 Å². The molecule has 16 heavy (non-hydrogen) atoms. The highest BCUT2D eigenvalue weighted by Gasteiger charge is 2.17. The minimum atomic E-state index is -3.68. The Morgan fingerprint density at radius 3 is 2.62 bits per heavy atom. The lowest BCUT2D eigenvalue weighted by Gasteiger charge is -2.07. The maximum atomic E-state index is 13.3. The van der Waals surface area contributed by atoms with Gasteiger partial charge in [-0.25, -0.2) is 17.5 Å². The van der Waals surface area contributed by atoms with Gasteiger partial charge >= 0.3 is 0 Å². The topological polar surface area (TPSA) is 46.2 Å². The number of halogens is 3. The lowest BCUT2D eigenvalue weighted by Crippen LogP contribution is -2.24. The van der Waals surface area contributed by atoms with Crippen LogP contribution in [0.15, 0.2) is 21.5 Å². The van der Waals surface area contributed by atoms with Crippen LogP contribution in [0.3, 0.4) is 0 Å². The Morgan fingerprint density at radius 1 is 1.50 bits per heavy atom. The Bertz CT molecular complexity index is 469. The zero-order valence-electron chi connectivity index (χ0n) is 8.43. The SMILES string of the molecule is CCCNS(=O)(=O)c1cc(F)c(Br)c(Cl)c1. The molecule has 0 bridgehead atoms. The average Bonchev–Trinajstić information content (AvgIpc) is 2.22. The average molecular weight is 331 g/mol. The highest BCUT2D eigenvalue weighted by molar-refractivity contribution is 9.10. The van der Waals surface area contributed by atoms with Crippen LogP contribution < -0.4 is 4.72 Å². The number of hydrogen-bond acceptors (Lipinski definition) is 2. The van der Waals surface area contributed by atoms with E-state index < -0.39 is 15.8 Å². The lowest BCUT2D eigenvalue weighted by atomic mass is 10.3. The van der Waals surface area contributed by atoms with Crippen molar-refractivity contribution in [3.05, 3.63) is 27.4 Å². The Hall–Kier alpha value is -0.170. The smallest absolute Gasteiger partial charge is 0.211 e. The molecule has 7 heteroatoms. The van der Waals surface area contributed by atoms with Crippen molar-refractivity contribution >= 4 is 37.6 Å². The summed E-state index contributed by atoms with van der Waals surface area (Å²) in [5, 5.41) is 0.0249. The summed E-state index contributed by atoms with van der Waals surface area (Å²) < 4.78 is 39.0. The second-order valence-corrected chi connectivity index (χ2v) is 6.07. The van der Waals surface area contributed by atoms with Crippen LogP contribution in [0.5, 0.6) is 0 Å². The van der Waals surface area contributed by atoms with E-state index in [4.69, 9.17) is 11.6 Å². The summed E-state index contributed by atoms with van der Waals surface area (Å²) in [6.45, 7) is 2.13. The van der Waals surface area contributed by atoms with Gasteiger partial charge in [0.05, 0.1) is 14.4 Å². The van der Waals surface area contributed by atoms with Crippen LogP contribution in [0.4, 0.5) is 4.39 Å². The molecule has 0 saturated heterocycles. The third-order valence-electron chi connectivity index (χ3n) is 1.81. The number of benzene rings is 1. The van der Waals surface area contributed by atoms with Crippen LogP contribution >= 0.6 is 27.5 Å². The van der Waals surface area contributed by atoms with Crippen molar-refractivity contribution in [3.63, 3.8) is 0 Å². The fourth-order valence-electron chi connectivity index (χ4n) is 1.01. The van der Waals surface area contributed by atoms with Gasteiger partial charge in [0.2, 0.25) is 10.0 Å². The maximum absolute atomic E-state index is 13.3. The zero-order valence-corrected chi connectivity index (χ0v) is 11.6. The molecule has 0 aliphatic heterocycles. The molecule has 0 spiro atoms. The van der Waals surface area contributed by atoms with Gasteiger partial charge in [0, 0.05) is 6.54 Å². The molecular formula is C9H10BrClFNO2S. The molecule has 0 aromatic heterocycles. The van der Waals surface area contributed by atoms with Gasteiger partial charge in [0.25, 0.3) is 0 Å². The summed E-state index contributed by atoms with van der Waals surface area (Å²) in [5.74, 6) is -0.704. The molecule has 1 aromatic carbocycles. The molecule has 1 rings (SSSR count). The van der Waals surface area contributed by atoms with Gasteiger partial charge in [-0.1, -0.05) is 18.5 Å². The molecule has 0 amide bonds. The standard InChI is InChI=1S/C9H10BrClFNO2S/c1-2-3-13-16(14,15)6-4-7(11)9(10)8(12)5-6/h4-5,13H,2-3H2,1H3. The lowest BCUT2D eigenvalue weighted by molar-refractivity contribution is 0.576. The molecule has 0 saturated carbocycles. The van der Waals surface area contributed by atoms with E-state index in [1.807, 2.05) is 6.92 Å². The van der Waals surface area contributed by atoms with Crippen LogP contribution in [0, 0.1) is 5.82 Å². The summed E-state index contributed by atoms with van der Waals surface area (Å²) in [5.41, 5.74) is 0. The number of sulfonamides is 1. The van der Waals surface area contributed by atoms with Gasteiger partial charge in [-0.15, -0.1) is 0 Å². The highest BCUT2D eigenvalue weighted by Crippen LogP contribution is 2.28. The summed E-state index contributed by atoms with van der Waals surface area (Å²) >= 11 is 8.59. The molecule has 1 N–H and O–H groups in total. The van der Waals surface area contributed by atoms with Crippen molar-refractivity contribution in [1.82, 2.24) is 4.72 Å². The minimum Gasteiger partial charge on any atom is -0.211 e. The Labute approximate surface area is 107 Å². The van der Waals surface area contributed by atoms with Crippen LogP contribution in [0.1, 0.15) is 13.3 Å². The van der Waals surface area contributed by atoms with Gasteiger partial charge in [-0.2, -0.15) is 0 Å². The molecule has 1 aromatic rings. The van der Waals surface area contributed by atoms with E-state index >= 15 is 0 Å². The van der Waals surface area contributed by atoms with E-state index in [2.05, 4.69) is 20.7 Å². The molecule has 0 radical (unpaired) electrons. The predicted octanol–water partition coefficient (Wildman–Crippen LogP) is 2.93. The second-order valence-electron chi connectivity index (χ2n) is 3.10. The van der Waals surface area contributed by atoms with E-state index in [1.54, 1.807) is 0 Å². The summed E-state index contributed by atoms with van der Waals surface area (Å²) in [6.07, 6.45) is 0.659. The van der Waals surface area contributed by atoms with Gasteiger partial charge in [-0.05, 0) is 34.5 Å². The molecule has 0 heterocycles. The fourth-order valence-corrected chi connectivity index (χ4v) is 2.68. The van der Waals surface area contributed by atoms with Gasteiger partial charge < -0.3 is 0 Å². The van der Waals surface area contributed by atoms with Crippen molar-refractivity contribution in [1.29, 1.82) is 0 Å². The molecule has 90 valence electrons. The van der Waals surface area contributed by atoms with Crippen molar-refractivity contribution in [3.8, 4) is 0 Å². The first-order valence-corrected chi connectivity index (χ1v) is 7.18. The fraction of sp³-hybridized carbons (Fsp3) is 0.333. The highest BCUT2D eigenvalue weighted by atomic mass is 79.9. The first-order chi connectivity index (χ1) is 7.38. The molecular weight excluding hydrogens is 321 g/mol. The third-order valence-corrected chi connectivity index (χ3v) is 4.58. The number of hydrogen-bond donors (Lipinski definition) is 1. The van der Waals surface area contributed by atoms with Gasteiger partial charge in [0.15, 0.2) is 0 Å². The quantitative estimate of drug-likeness (QED) is 0.863. The molecule has 0 unspecified atom stereocenters. The van der Waals surface area contributed by atoms with Crippen molar-refractivity contribution in [2.75, 3.05) is 6.54 Å². The van der Waals surface area contributed by atoms with Crippen LogP contribution in [-0.4, -0.2) is 15.0 Å². The molecule has 0 fully saturated rings. The molecule has 0 aliphatic carbocycles. The van der Waals surface area contributed by atoms with Crippen molar-refractivity contribution in [2.45, 2.75) is 18.2 Å². The van der Waals surface area contributed by atoms with Gasteiger partial charge in [0.1, 0.15) is 5.82 Å². The Balaban J connectivity index is 3.14. The van der Waals surface area contributed by atoms with E-state index in [1.165, 1.54) is 6.07 Å². The predicted molar refractivity (Wildman–Crippen MR) is 64.6 cm³/mol. The van der Waals surface area contributed by atoms with Crippen LogP contribution in [0.25, 0.3) is 0 Å². The normalized spacial score (nSPS) is 11.8. The van der Waals surface area contributed by atoms with Crippen molar-refractivity contribution < 1.29 is 12.8 Å². The van der Waals surface area contributed by atoms with E-state index in [0.29, 0.717) is 13.0 Å². The number of nitrogens with one attached hydrogen (secondary N) is 1. The molecule has 3 nitrogen and oxygen atoms in total. The van der Waals surface area contributed by atoms with Crippen LogP contribution in [-0.2, 0) is 10.0 Å². The summed E-state index contributed by atoms with van der Waals surface area (Å²) in [6, 6.07) is 2.13. The Morgan fingerprint density at radius 2 is 2.12 bits per heavy atom. The van der Waals surface area contributed by atoms with E-state index in [9.17, 15) is 12.8 Å². The van der Waals surface area contributed by atoms with Crippen LogP contribution in [0.2, 0.25) is 5.02 Å². The van der Waals surface area contributed by atoms with Gasteiger partial charge in [-0.3, -0.25) is 0 Å². The molecule has 0 aliphatic rings. The monoisotopic (exact) mass is 329 g/mol. The zero-order chi connectivity index (χ0) is 12.3. The first-order valence-electron chi connectivity index (χ1n) is 4.52. The van der Waals surface area contributed by atoms with E-state index in [-0.39, 0.29) is 14.4 Å². The minimum absolute atomic E-state index is 0.0249. The molecule has 0 atom stereocenters. The summed E-state index contributed by atoms with van der Waals surface area (Å²) in [7, 11) is -3.68. The Kier molecular flexibility index (Phi) is 4.73. The maximum Gasteiger partial charge on any atom is 0.240 e. The van der Waals surface area contributed by atoms with E-state index in [0.717, 1.165) is 6.07 Å². The summed E-state index contributed by atoms with van der Waals surface area (Å²) in [4.78, 5) is -0.174. The second kappa shape index (κ2) is 5.44.